The van der Waals surface area contributed by atoms with Gasteiger partial charge in [-0.15, -0.1) is 0 Å². The van der Waals surface area contributed by atoms with Gasteiger partial charge in [0.15, 0.2) is 17.5 Å². The predicted octanol–water partition coefficient (Wildman–Crippen LogP) is 2.53. The Balaban J connectivity index is 1.87. The second-order valence-electron chi connectivity index (χ2n) is 7.06. The highest BCUT2D eigenvalue weighted by Gasteiger charge is 2.28. The monoisotopic (exact) mass is 371 g/mol. The third-order valence-electron chi connectivity index (χ3n) is 4.56. The van der Waals surface area contributed by atoms with Gasteiger partial charge in [-0.1, -0.05) is 13.8 Å². The average Bonchev–Trinajstić information content (AvgIpc) is 2.58. The summed E-state index contributed by atoms with van der Waals surface area (Å²) in [4.78, 5) is 26.2. The van der Waals surface area contributed by atoms with Crippen molar-refractivity contribution in [1.29, 1.82) is 0 Å². The molecule has 0 unspecified atom stereocenters. The lowest BCUT2D eigenvalue weighted by Gasteiger charge is -2.38. The summed E-state index contributed by atoms with van der Waals surface area (Å²) in [5, 5.41) is 4.61. The van der Waals surface area contributed by atoms with E-state index in [0.29, 0.717) is 17.9 Å². The third kappa shape index (κ3) is 4.97. The predicted molar refractivity (Wildman–Crippen MR) is 91.9 cm³/mol. The molecule has 2 rings (SSSR count). The first-order chi connectivity index (χ1) is 12.2. The van der Waals surface area contributed by atoms with Gasteiger partial charge in [0.2, 0.25) is 11.8 Å². The van der Waals surface area contributed by atoms with Crippen LogP contribution in [0.1, 0.15) is 27.2 Å². The van der Waals surface area contributed by atoms with E-state index in [1.807, 2.05) is 0 Å². The summed E-state index contributed by atoms with van der Waals surface area (Å²) < 4.78 is 39.6. The van der Waals surface area contributed by atoms with Crippen molar-refractivity contribution in [3.05, 3.63) is 29.6 Å². The van der Waals surface area contributed by atoms with Crippen LogP contribution < -0.4 is 10.6 Å². The minimum Gasteiger partial charge on any atom is -0.346 e. The molecule has 1 fully saturated rings. The Hall–Kier alpha value is -2.09. The van der Waals surface area contributed by atoms with Crippen molar-refractivity contribution in [2.75, 3.05) is 25.0 Å². The molecule has 1 aromatic carbocycles. The van der Waals surface area contributed by atoms with Crippen molar-refractivity contribution < 1.29 is 22.8 Å². The summed E-state index contributed by atoms with van der Waals surface area (Å²) in [6.07, 6.45) is 1.12. The molecule has 1 heterocycles. The third-order valence-corrected chi connectivity index (χ3v) is 4.56. The molecule has 3 atom stereocenters. The molecule has 2 amide bonds. The van der Waals surface area contributed by atoms with E-state index in [2.05, 4.69) is 29.4 Å². The van der Waals surface area contributed by atoms with Crippen LogP contribution in [0.15, 0.2) is 12.1 Å². The molecule has 0 radical (unpaired) electrons. The van der Waals surface area contributed by atoms with E-state index in [1.165, 1.54) is 0 Å². The molecule has 8 heteroatoms. The van der Waals surface area contributed by atoms with Gasteiger partial charge in [0.1, 0.15) is 0 Å². The van der Waals surface area contributed by atoms with Gasteiger partial charge in [0.25, 0.3) is 0 Å². The number of piperidine rings is 1. The number of hydrogen-bond acceptors (Lipinski definition) is 3. The van der Waals surface area contributed by atoms with Crippen molar-refractivity contribution in [2.45, 2.75) is 33.2 Å². The molecular formula is C18H24F3N3O2. The molecule has 1 aromatic rings. The highest BCUT2D eigenvalue weighted by Crippen LogP contribution is 2.22. The number of hydrogen-bond donors (Lipinski definition) is 2. The number of nitrogens with zero attached hydrogens (tertiary/aromatic N) is 1. The molecule has 1 saturated heterocycles. The topological polar surface area (TPSA) is 61.4 Å². The maximum atomic E-state index is 13.5. The summed E-state index contributed by atoms with van der Waals surface area (Å²) in [7, 11) is 0. The van der Waals surface area contributed by atoms with Crippen LogP contribution in [0.2, 0.25) is 0 Å². The fourth-order valence-electron chi connectivity index (χ4n) is 3.33. The number of likely N-dealkylation sites (tertiary alicyclic amines) is 1. The van der Waals surface area contributed by atoms with Gasteiger partial charge in [-0.3, -0.25) is 14.5 Å². The van der Waals surface area contributed by atoms with Gasteiger partial charge in [0, 0.05) is 13.1 Å². The van der Waals surface area contributed by atoms with Gasteiger partial charge >= 0.3 is 0 Å². The minimum absolute atomic E-state index is 0.313. The second-order valence-corrected chi connectivity index (χ2v) is 7.06. The van der Waals surface area contributed by atoms with Crippen LogP contribution in [0, 0.1) is 29.3 Å². The SMILES string of the molecule is C[C@@H]1C[C@@H](C)CN([C@@H](C)C(=O)NCC(=O)Nc2ccc(F)c(F)c2F)C1. The van der Waals surface area contributed by atoms with E-state index in [4.69, 9.17) is 0 Å². The molecule has 5 nitrogen and oxygen atoms in total. The van der Waals surface area contributed by atoms with Crippen LogP contribution in [0.5, 0.6) is 0 Å². The quantitative estimate of drug-likeness (QED) is 0.782. The molecular weight excluding hydrogens is 347 g/mol. The molecule has 0 aromatic heterocycles. The lowest BCUT2D eigenvalue weighted by Crippen LogP contribution is -2.51. The highest BCUT2D eigenvalue weighted by molar-refractivity contribution is 5.95. The zero-order valence-electron chi connectivity index (χ0n) is 15.1. The van der Waals surface area contributed by atoms with Crippen LogP contribution >= 0.6 is 0 Å². The maximum Gasteiger partial charge on any atom is 0.243 e. The van der Waals surface area contributed by atoms with Crippen molar-refractivity contribution in [3.63, 3.8) is 0 Å². The molecule has 144 valence electrons. The Kier molecular flexibility index (Phi) is 6.63. The standard InChI is InChI=1S/C18H24F3N3O2/c1-10-6-11(2)9-24(8-10)12(3)18(26)22-7-15(25)23-14-5-4-13(19)16(20)17(14)21/h4-5,10-12H,6-9H2,1-3H3,(H,22,26)(H,23,25)/t10-,11-,12+/m1/s1. The molecule has 1 aliphatic heterocycles. The molecule has 0 aliphatic carbocycles. The van der Waals surface area contributed by atoms with Crippen molar-refractivity contribution in [3.8, 4) is 0 Å². The number of amides is 2. The smallest absolute Gasteiger partial charge is 0.243 e. The second kappa shape index (κ2) is 8.53. The number of anilines is 1. The van der Waals surface area contributed by atoms with Gasteiger partial charge in [-0.05, 0) is 37.3 Å². The Morgan fingerprint density at radius 3 is 2.38 bits per heavy atom. The fourth-order valence-corrected chi connectivity index (χ4v) is 3.33. The van der Waals surface area contributed by atoms with Crippen LogP contribution in [-0.2, 0) is 9.59 Å². The zero-order valence-corrected chi connectivity index (χ0v) is 15.1. The van der Waals surface area contributed by atoms with Crippen molar-refractivity contribution in [2.24, 2.45) is 11.8 Å². The fraction of sp³-hybridized carbons (Fsp3) is 0.556. The number of carbonyl (C=O) groups excluding carboxylic acids is 2. The molecule has 1 aliphatic rings. The van der Waals surface area contributed by atoms with Gasteiger partial charge in [-0.2, -0.15) is 0 Å². The first-order valence-electron chi connectivity index (χ1n) is 8.64. The zero-order chi connectivity index (χ0) is 19.4. The van der Waals surface area contributed by atoms with E-state index < -0.39 is 35.1 Å². The number of nitrogens with one attached hydrogen (secondary N) is 2. The van der Waals surface area contributed by atoms with Crippen molar-refractivity contribution >= 4 is 17.5 Å². The molecule has 2 N–H and O–H groups in total. The van der Waals surface area contributed by atoms with Crippen LogP contribution in [0.4, 0.5) is 18.9 Å². The maximum absolute atomic E-state index is 13.5. The number of halogens is 3. The lowest BCUT2D eigenvalue weighted by atomic mass is 9.91. The van der Waals surface area contributed by atoms with Crippen LogP contribution in [0.3, 0.4) is 0 Å². The van der Waals surface area contributed by atoms with E-state index in [9.17, 15) is 22.8 Å². The summed E-state index contributed by atoms with van der Waals surface area (Å²) in [6, 6.07) is 1.24. The Bertz CT molecular complexity index is 674. The van der Waals surface area contributed by atoms with Gasteiger partial charge in [0.05, 0.1) is 18.3 Å². The first-order valence-corrected chi connectivity index (χ1v) is 8.64. The normalized spacial score (nSPS) is 21.9. The van der Waals surface area contributed by atoms with E-state index in [-0.39, 0.29) is 12.5 Å². The summed E-state index contributed by atoms with van der Waals surface area (Å²) in [6.45, 7) is 7.28. The van der Waals surface area contributed by atoms with E-state index >= 15 is 0 Å². The summed E-state index contributed by atoms with van der Waals surface area (Å²) in [5.74, 6) is -4.53. The Morgan fingerprint density at radius 2 is 1.77 bits per heavy atom. The first kappa shape index (κ1) is 20.2. The Morgan fingerprint density at radius 1 is 1.15 bits per heavy atom. The summed E-state index contributed by atoms with van der Waals surface area (Å²) >= 11 is 0. The number of rotatable bonds is 5. The largest absolute Gasteiger partial charge is 0.346 e. The number of benzene rings is 1. The van der Waals surface area contributed by atoms with Gasteiger partial charge < -0.3 is 10.6 Å². The summed E-state index contributed by atoms with van der Waals surface area (Å²) in [5.41, 5.74) is -0.477. The molecule has 26 heavy (non-hydrogen) atoms. The average molecular weight is 371 g/mol. The lowest BCUT2D eigenvalue weighted by molar-refractivity contribution is -0.128. The van der Waals surface area contributed by atoms with Crippen molar-refractivity contribution in [1.82, 2.24) is 10.2 Å². The molecule has 0 bridgehead atoms. The van der Waals surface area contributed by atoms with E-state index in [0.717, 1.165) is 25.6 Å². The van der Waals surface area contributed by atoms with E-state index in [1.54, 1.807) is 6.92 Å². The van der Waals surface area contributed by atoms with Gasteiger partial charge in [-0.25, -0.2) is 13.2 Å². The number of carbonyl (C=O) groups is 2. The Labute approximate surface area is 150 Å². The minimum atomic E-state index is -1.66. The van der Waals surface area contributed by atoms with Crippen LogP contribution in [-0.4, -0.2) is 42.4 Å². The molecule has 0 saturated carbocycles. The van der Waals surface area contributed by atoms with Crippen LogP contribution in [0.25, 0.3) is 0 Å². The molecule has 0 spiro atoms. The highest BCUT2D eigenvalue weighted by atomic mass is 19.2.